The van der Waals surface area contributed by atoms with E-state index in [2.05, 4.69) is 19.4 Å². The van der Waals surface area contributed by atoms with E-state index in [1.54, 1.807) is 0 Å². The van der Waals surface area contributed by atoms with Gasteiger partial charge in [0.1, 0.15) is 0 Å². The van der Waals surface area contributed by atoms with Gasteiger partial charge in [0.15, 0.2) is 11.5 Å². The van der Waals surface area contributed by atoms with Crippen LogP contribution in [-0.4, -0.2) is 44.7 Å². The molecule has 0 atom stereocenters. The van der Waals surface area contributed by atoms with Crippen LogP contribution in [0.1, 0.15) is 16.8 Å². The molecular weight excluding hydrogens is 350 g/mol. The standard InChI is InChI=1S/C15H15N3O6S/c1-22-14(19)10-8-16-15(17-9-10)18-25(20,21)11-3-4-12-13(7-11)24-6-2-5-23-12/h3-4,7-9H,2,5-6H2,1H3,(H,16,17,18). The van der Waals surface area contributed by atoms with Crippen molar-refractivity contribution in [2.24, 2.45) is 0 Å². The van der Waals surface area contributed by atoms with Gasteiger partial charge in [-0.25, -0.2) is 27.9 Å². The number of carbonyl (C=O) groups is 1. The molecule has 0 amide bonds. The van der Waals surface area contributed by atoms with Gasteiger partial charge in [0.05, 0.1) is 30.8 Å². The molecule has 0 spiro atoms. The van der Waals surface area contributed by atoms with E-state index in [0.29, 0.717) is 24.7 Å². The summed E-state index contributed by atoms with van der Waals surface area (Å²) in [6, 6.07) is 4.32. The van der Waals surface area contributed by atoms with Gasteiger partial charge in [0, 0.05) is 24.9 Å². The van der Waals surface area contributed by atoms with Crippen molar-refractivity contribution in [1.82, 2.24) is 9.97 Å². The second-order valence-electron chi connectivity index (χ2n) is 5.05. The summed E-state index contributed by atoms with van der Waals surface area (Å²) in [4.78, 5) is 18.9. The number of hydrogen-bond acceptors (Lipinski definition) is 8. The lowest BCUT2D eigenvalue weighted by Gasteiger charge is -2.10. The minimum Gasteiger partial charge on any atom is -0.490 e. The quantitative estimate of drug-likeness (QED) is 0.804. The normalized spacial score (nSPS) is 13.6. The molecule has 1 aromatic heterocycles. The molecular formula is C15H15N3O6S. The van der Waals surface area contributed by atoms with Gasteiger partial charge in [-0.3, -0.25) is 0 Å². The molecule has 0 aliphatic carbocycles. The van der Waals surface area contributed by atoms with Gasteiger partial charge in [-0.2, -0.15) is 0 Å². The highest BCUT2D eigenvalue weighted by Crippen LogP contribution is 2.32. The molecule has 132 valence electrons. The van der Waals surface area contributed by atoms with Crippen molar-refractivity contribution in [1.29, 1.82) is 0 Å². The van der Waals surface area contributed by atoms with Crippen LogP contribution in [0.4, 0.5) is 5.95 Å². The monoisotopic (exact) mass is 365 g/mol. The summed E-state index contributed by atoms with van der Waals surface area (Å²) in [7, 11) is -2.70. The summed E-state index contributed by atoms with van der Waals surface area (Å²) in [5.41, 5.74) is 0.112. The first-order valence-corrected chi connectivity index (χ1v) is 8.81. The zero-order chi connectivity index (χ0) is 17.9. The third kappa shape index (κ3) is 3.79. The second-order valence-corrected chi connectivity index (χ2v) is 6.73. The van der Waals surface area contributed by atoms with E-state index < -0.39 is 16.0 Å². The number of nitrogens with one attached hydrogen (secondary N) is 1. The fourth-order valence-corrected chi connectivity index (χ4v) is 3.07. The molecule has 0 saturated heterocycles. The number of fused-ring (bicyclic) bond motifs is 1. The maximum atomic E-state index is 12.5. The number of anilines is 1. The summed E-state index contributed by atoms with van der Waals surface area (Å²) in [5, 5.41) is 0. The summed E-state index contributed by atoms with van der Waals surface area (Å²) in [6.07, 6.45) is 3.06. The fourth-order valence-electron chi connectivity index (χ4n) is 2.09. The number of carbonyl (C=O) groups excluding carboxylic acids is 1. The Morgan fingerprint density at radius 2 is 1.84 bits per heavy atom. The summed E-state index contributed by atoms with van der Waals surface area (Å²) >= 11 is 0. The predicted octanol–water partition coefficient (Wildman–Crippen LogP) is 1.23. The first kappa shape index (κ1) is 17.0. The van der Waals surface area contributed by atoms with Crippen LogP contribution in [0.3, 0.4) is 0 Å². The molecule has 1 aromatic carbocycles. The zero-order valence-electron chi connectivity index (χ0n) is 13.3. The van der Waals surface area contributed by atoms with Gasteiger partial charge in [-0.15, -0.1) is 0 Å². The lowest BCUT2D eigenvalue weighted by atomic mass is 10.3. The number of benzene rings is 1. The van der Waals surface area contributed by atoms with Gasteiger partial charge >= 0.3 is 5.97 Å². The third-order valence-corrected chi connectivity index (χ3v) is 4.65. The Hall–Kier alpha value is -2.88. The van der Waals surface area contributed by atoms with Crippen LogP contribution in [-0.2, 0) is 14.8 Å². The van der Waals surface area contributed by atoms with Crippen molar-refractivity contribution in [3.05, 3.63) is 36.2 Å². The minimum atomic E-state index is -3.92. The van der Waals surface area contributed by atoms with Crippen LogP contribution >= 0.6 is 0 Å². The Kier molecular flexibility index (Phi) is 4.70. The van der Waals surface area contributed by atoms with E-state index in [-0.39, 0.29) is 16.4 Å². The van der Waals surface area contributed by atoms with Gasteiger partial charge in [-0.1, -0.05) is 0 Å². The number of hydrogen-bond donors (Lipinski definition) is 1. The molecule has 2 heterocycles. The van der Waals surface area contributed by atoms with Crippen molar-refractivity contribution >= 4 is 21.9 Å². The third-order valence-electron chi connectivity index (χ3n) is 3.33. The highest BCUT2D eigenvalue weighted by atomic mass is 32.2. The van der Waals surface area contributed by atoms with Crippen molar-refractivity contribution in [2.45, 2.75) is 11.3 Å². The molecule has 0 unspecified atom stereocenters. The van der Waals surface area contributed by atoms with Gasteiger partial charge in [-0.05, 0) is 12.1 Å². The molecule has 2 aromatic rings. The van der Waals surface area contributed by atoms with E-state index in [0.717, 1.165) is 6.42 Å². The van der Waals surface area contributed by atoms with Crippen molar-refractivity contribution < 1.29 is 27.4 Å². The molecule has 1 N–H and O–H groups in total. The lowest BCUT2D eigenvalue weighted by Crippen LogP contribution is -2.15. The first-order valence-electron chi connectivity index (χ1n) is 7.32. The summed E-state index contributed by atoms with van der Waals surface area (Å²) in [5.74, 6) is 0.0783. The molecule has 1 aliphatic rings. The number of esters is 1. The Bertz CT molecular complexity index is 883. The van der Waals surface area contributed by atoms with Gasteiger partial charge in [0.25, 0.3) is 10.0 Å². The molecule has 3 rings (SSSR count). The summed E-state index contributed by atoms with van der Waals surface area (Å²) in [6.45, 7) is 0.958. The highest BCUT2D eigenvalue weighted by molar-refractivity contribution is 7.92. The van der Waals surface area contributed by atoms with Gasteiger partial charge in [0.2, 0.25) is 5.95 Å². The average molecular weight is 365 g/mol. The molecule has 25 heavy (non-hydrogen) atoms. The van der Waals surface area contributed by atoms with Crippen molar-refractivity contribution in [3.63, 3.8) is 0 Å². The van der Waals surface area contributed by atoms with Crippen molar-refractivity contribution in [3.8, 4) is 11.5 Å². The van der Waals surface area contributed by atoms with Crippen LogP contribution in [0.15, 0.2) is 35.5 Å². The molecule has 10 heteroatoms. The van der Waals surface area contributed by atoms with Crippen LogP contribution in [0.5, 0.6) is 11.5 Å². The molecule has 0 fully saturated rings. The molecule has 0 saturated carbocycles. The molecule has 0 radical (unpaired) electrons. The SMILES string of the molecule is COC(=O)c1cnc(NS(=O)(=O)c2ccc3c(c2)OCCCO3)nc1. The van der Waals surface area contributed by atoms with E-state index >= 15 is 0 Å². The fraction of sp³-hybridized carbons (Fsp3) is 0.267. The average Bonchev–Trinajstić information content (AvgIpc) is 2.86. The number of aromatic nitrogens is 2. The largest absolute Gasteiger partial charge is 0.490 e. The minimum absolute atomic E-state index is 0.0163. The molecule has 9 nitrogen and oxygen atoms in total. The topological polar surface area (TPSA) is 117 Å². The first-order chi connectivity index (χ1) is 12.0. The second kappa shape index (κ2) is 6.93. The van der Waals surface area contributed by atoms with Crippen LogP contribution in [0, 0.1) is 0 Å². The molecule has 0 bridgehead atoms. The van der Waals surface area contributed by atoms with Crippen LogP contribution in [0.25, 0.3) is 0 Å². The Morgan fingerprint density at radius 3 is 2.52 bits per heavy atom. The maximum absolute atomic E-state index is 12.5. The zero-order valence-corrected chi connectivity index (χ0v) is 14.1. The Balaban J connectivity index is 1.82. The number of nitrogens with zero attached hydrogens (tertiary/aromatic N) is 2. The number of ether oxygens (including phenoxy) is 3. The van der Waals surface area contributed by atoms with Crippen LogP contribution < -0.4 is 14.2 Å². The van der Waals surface area contributed by atoms with Crippen LogP contribution in [0.2, 0.25) is 0 Å². The maximum Gasteiger partial charge on any atom is 0.341 e. The molecule has 1 aliphatic heterocycles. The predicted molar refractivity (Wildman–Crippen MR) is 86.2 cm³/mol. The highest BCUT2D eigenvalue weighted by Gasteiger charge is 2.20. The van der Waals surface area contributed by atoms with Gasteiger partial charge < -0.3 is 14.2 Å². The number of methoxy groups -OCH3 is 1. The lowest BCUT2D eigenvalue weighted by molar-refractivity contribution is 0.0600. The van der Waals surface area contributed by atoms with E-state index in [1.807, 2.05) is 0 Å². The summed E-state index contributed by atoms with van der Waals surface area (Å²) < 4.78 is 42.7. The Morgan fingerprint density at radius 1 is 1.16 bits per heavy atom. The van der Waals surface area contributed by atoms with E-state index in [9.17, 15) is 13.2 Å². The Labute approximate surface area is 144 Å². The van der Waals surface area contributed by atoms with E-state index in [1.165, 1.54) is 37.7 Å². The van der Waals surface area contributed by atoms with E-state index in [4.69, 9.17) is 9.47 Å². The van der Waals surface area contributed by atoms with Crippen molar-refractivity contribution in [2.75, 3.05) is 25.0 Å². The number of sulfonamides is 1. The number of rotatable bonds is 4. The smallest absolute Gasteiger partial charge is 0.341 e.